The zero-order chi connectivity index (χ0) is 13.4. The Bertz CT molecular complexity index is 587. The zero-order valence-electron chi connectivity index (χ0n) is 11.1. The third-order valence-corrected chi connectivity index (χ3v) is 4.46. The van der Waals surface area contributed by atoms with Crippen molar-refractivity contribution in [1.82, 2.24) is 9.55 Å². The van der Waals surface area contributed by atoms with Gasteiger partial charge in [0.15, 0.2) is 0 Å². The van der Waals surface area contributed by atoms with Crippen LogP contribution in [0, 0.1) is 5.92 Å². The van der Waals surface area contributed by atoms with Crippen molar-refractivity contribution in [2.45, 2.75) is 44.5 Å². The minimum absolute atomic E-state index is 0.452. The lowest BCUT2D eigenvalue weighted by atomic mass is 10.1. The first-order valence-corrected chi connectivity index (χ1v) is 7.86. The van der Waals surface area contributed by atoms with E-state index in [4.69, 9.17) is 23.2 Å². The molecular formula is C15H18Cl2N2. The maximum absolute atomic E-state index is 6.08. The molecule has 0 radical (unpaired) electrons. The summed E-state index contributed by atoms with van der Waals surface area (Å²) in [5.74, 6) is 2.32. The average Bonchev–Trinajstić information content (AvgIpc) is 3.15. The van der Waals surface area contributed by atoms with E-state index in [2.05, 4.69) is 22.5 Å². The van der Waals surface area contributed by atoms with E-state index in [1.165, 1.54) is 19.3 Å². The molecule has 1 unspecified atom stereocenters. The van der Waals surface area contributed by atoms with Crippen molar-refractivity contribution in [2.24, 2.45) is 5.92 Å². The second-order valence-corrected chi connectivity index (χ2v) is 6.11. The summed E-state index contributed by atoms with van der Waals surface area (Å²) in [6, 6.07) is 6.43. The summed E-state index contributed by atoms with van der Waals surface area (Å²) in [6.07, 6.45) is 5.12. The number of hydrogen-bond donors (Lipinski definition) is 0. The summed E-state index contributed by atoms with van der Waals surface area (Å²) < 4.78 is 2.33. The molecule has 0 spiro atoms. The van der Waals surface area contributed by atoms with E-state index in [0.29, 0.717) is 11.9 Å². The Morgan fingerprint density at radius 1 is 1.42 bits per heavy atom. The third kappa shape index (κ3) is 2.61. The lowest BCUT2D eigenvalue weighted by Gasteiger charge is -2.19. The van der Waals surface area contributed by atoms with Crippen LogP contribution in [0.2, 0.25) is 5.02 Å². The molecule has 19 heavy (non-hydrogen) atoms. The van der Waals surface area contributed by atoms with Gasteiger partial charge in [-0.15, -0.1) is 11.6 Å². The maximum Gasteiger partial charge on any atom is 0.125 e. The van der Waals surface area contributed by atoms with Gasteiger partial charge in [0, 0.05) is 11.1 Å². The highest BCUT2D eigenvalue weighted by atomic mass is 35.5. The molecule has 1 saturated carbocycles. The molecule has 1 atom stereocenters. The van der Waals surface area contributed by atoms with Crippen LogP contribution in [0.4, 0.5) is 0 Å². The van der Waals surface area contributed by atoms with Gasteiger partial charge in [0.2, 0.25) is 0 Å². The van der Waals surface area contributed by atoms with Gasteiger partial charge in [-0.1, -0.05) is 31.4 Å². The smallest absolute Gasteiger partial charge is 0.125 e. The molecule has 3 rings (SSSR count). The number of alkyl halides is 1. The summed E-state index contributed by atoms with van der Waals surface area (Å²) in [5, 5.41) is 0.730. The lowest BCUT2D eigenvalue weighted by molar-refractivity contribution is 0.429. The van der Waals surface area contributed by atoms with Crippen LogP contribution in [0.5, 0.6) is 0 Å². The van der Waals surface area contributed by atoms with Gasteiger partial charge in [-0.2, -0.15) is 0 Å². The van der Waals surface area contributed by atoms with E-state index >= 15 is 0 Å². The normalized spacial score (nSPS) is 17.0. The Labute approximate surface area is 123 Å². The fourth-order valence-electron chi connectivity index (χ4n) is 2.82. The van der Waals surface area contributed by atoms with Crippen molar-refractivity contribution >= 4 is 34.2 Å². The lowest BCUT2D eigenvalue weighted by Crippen LogP contribution is -2.11. The molecular weight excluding hydrogens is 279 g/mol. The molecule has 0 amide bonds. The first kappa shape index (κ1) is 13.3. The second-order valence-electron chi connectivity index (χ2n) is 5.41. The maximum atomic E-state index is 6.08. The minimum atomic E-state index is 0.452. The largest absolute Gasteiger partial charge is 0.324 e. The molecule has 1 heterocycles. The number of benzene rings is 1. The molecule has 0 aliphatic heterocycles. The minimum Gasteiger partial charge on any atom is -0.324 e. The number of fused-ring (bicyclic) bond motifs is 1. The van der Waals surface area contributed by atoms with Crippen LogP contribution < -0.4 is 0 Å². The molecule has 102 valence electrons. The highest BCUT2D eigenvalue weighted by molar-refractivity contribution is 6.31. The van der Waals surface area contributed by atoms with E-state index in [-0.39, 0.29) is 0 Å². The van der Waals surface area contributed by atoms with Crippen LogP contribution in [0.3, 0.4) is 0 Å². The fourth-order valence-corrected chi connectivity index (χ4v) is 3.17. The summed E-state index contributed by atoms with van der Waals surface area (Å²) in [6.45, 7) is 2.24. The number of halogens is 2. The number of rotatable bonds is 5. The highest BCUT2D eigenvalue weighted by Gasteiger charge is 2.27. The highest BCUT2D eigenvalue weighted by Crippen LogP contribution is 2.39. The van der Waals surface area contributed by atoms with Crippen LogP contribution >= 0.6 is 23.2 Å². The number of aromatic nitrogens is 2. The number of hydrogen-bond acceptors (Lipinski definition) is 1. The fraction of sp³-hybridized carbons (Fsp3) is 0.533. The van der Waals surface area contributed by atoms with Gasteiger partial charge in [-0.3, -0.25) is 0 Å². The monoisotopic (exact) mass is 296 g/mol. The predicted molar refractivity (Wildman–Crippen MR) is 81.0 cm³/mol. The molecule has 1 aromatic heterocycles. The standard InChI is InChI=1S/C15H18Cl2N2/c1-2-12(7-10-3-4-10)19-14-6-5-11(17)8-13(14)18-15(19)9-16/h5-6,8,10,12H,2-4,7,9H2,1H3. The molecule has 1 fully saturated rings. The second kappa shape index (κ2) is 5.34. The van der Waals surface area contributed by atoms with Gasteiger partial charge in [0.25, 0.3) is 0 Å². The van der Waals surface area contributed by atoms with Crippen molar-refractivity contribution in [3.63, 3.8) is 0 Å². The van der Waals surface area contributed by atoms with Crippen molar-refractivity contribution in [3.8, 4) is 0 Å². The summed E-state index contributed by atoms with van der Waals surface area (Å²) in [7, 11) is 0. The Hall–Kier alpha value is -0.730. The molecule has 4 heteroatoms. The molecule has 0 bridgehead atoms. The number of nitrogens with zero attached hydrogens (tertiary/aromatic N) is 2. The molecule has 2 nitrogen and oxygen atoms in total. The third-order valence-electron chi connectivity index (χ3n) is 3.98. The van der Waals surface area contributed by atoms with E-state index in [1.807, 2.05) is 12.1 Å². The van der Waals surface area contributed by atoms with E-state index < -0.39 is 0 Å². The first-order valence-electron chi connectivity index (χ1n) is 6.95. The quantitative estimate of drug-likeness (QED) is 0.695. The molecule has 2 aromatic rings. The SMILES string of the molecule is CCC(CC1CC1)n1c(CCl)nc2cc(Cl)ccc21. The van der Waals surface area contributed by atoms with Crippen molar-refractivity contribution in [2.75, 3.05) is 0 Å². The van der Waals surface area contributed by atoms with Gasteiger partial charge < -0.3 is 4.57 Å². The van der Waals surface area contributed by atoms with Crippen molar-refractivity contribution in [3.05, 3.63) is 29.0 Å². The van der Waals surface area contributed by atoms with Crippen molar-refractivity contribution in [1.29, 1.82) is 0 Å². The Balaban J connectivity index is 2.07. The molecule has 0 N–H and O–H groups in total. The van der Waals surface area contributed by atoms with Crippen LogP contribution in [-0.4, -0.2) is 9.55 Å². The topological polar surface area (TPSA) is 17.8 Å². The van der Waals surface area contributed by atoms with Gasteiger partial charge in [0.05, 0.1) is 16.9 Å². The van der Waals surface area contributed by atoms with Gasteiger partial charge >= 0.3 is 0 Å². The first-order chi connectivity index (χ1) is 9.22. The Morgan fingerprint density at radius 2 is 2.21 bits per heavy atom. The summed E-state index contributed by atoms with van der Waals surface area (Å²) >= 11 is 12.1. The number of imidazole rings is 1. The van der Waals surface area contributed by atoms with Crippen LogP contribution in [0.25, 0.3) is 11.0 Å². The molecule has 1 aliphatic carbocycles. The molecule has 1 aliphatic rings. The van der Waals surface area contributed by atoms with Crippen LogP contribution in [0.1, 0.15) is 44.5 Å². The van der Waals surface area contributed by atoms with E-state index in [0.717, 1.165) is 34.2 Å². The summed E-state index contributed by atoms with van der Waals surface area (Å²) in [4.78, 5) is 4.64. The molecule has 0 saturated heterocycles. The van der Waals surface area contributed by atoms with Crippen molar-refractivity contribution < 1.29 is 0 Å². The van der Waals surface area contributed by atoms with Crippen LogP contribution in [-0.2, 0) is 5.88 Å². The summed E-state index contributed by atoms with van der Waals surface area (Å²) in [5.41, 5.74) is 2.12. The van der Waals surface area contributed by atoms with Crippen LogP contribution in [0.15, 0.2) is 18.2 Å². The van der Waals surface area contributed by atoms with Gasteiger partial charge in [-0.05, 0) is 37.0 Å². The van der Waals surface area contributed by atoms with Gasteiger partial charge in [0.1, 0.15) is 5.82 Å². The predicted octanol–water partition coefficient (Wildman–Crippen LogP) is 5.18. The van der Waals surface area contributed by atoms with Gasteiger partial charge in [-0.25, -0.2) is 4.98 Å². The zero-order valence-corrected chi connectivity index (χ0v) is 12.6. The average molecular weight is 297 g/mol. The Morgan fingerprint density at radius 3 is 2.84 bits per heavy atom. The van der Waals surface area contributed by atoms with E-state index in [1.54, 1.807) is 0 Å². The molecule has 1 aromatic carbocycles. The van der Waals surface area contributed by atoms with E-state index in [9.17, 15) is 0 Å². The Kier molecular flexibility index (Phi) is 3.72.